The summed E-state index contributed by atoms with van der Waals surface area (Å²) in [5, 5.41) is 0.727. The van der Waals surface area contributed by atoms with Gasteiger partial charge in [-0.05, 0) is 24.1 Å². The Bertz CT molecular complexity index is 505. The van der Waals surface area contributed by atoms with E-state index in [0.717, 1.165) is 43.2 Å². The average molecular weight is 280 g/mol. The molecule has 3 rings (SSSR count). The van der Waals surface area contributed by atoms with E-state index in [4.69, 9.17) is 17.3 Å². The van der Waals surface area contributed by atoms with Crippen LogP contribution in [0.5, 0.6) is 0 Å². The van der Waals surface area contributed by atoms with Crippen molar-refractivity contribution < 1.29 is 4.79 Å². The molecule has 0 aromatic heterocycles. The summed E-state index contributed by atoms with van der Waals surface area (Å²) in [4.78, 5) is 16.0. The number of carbonyl (C=O) groups is 1. The fourth-order valence-electron chi connectivity index (χ4n) is 3.01. The Kier molecular flexibility index (Phi) is 3.37. The van der Waals surface area contributed by atoms with Crippen LogP contribution in [0.1, 0.15) is 18.4 Å². The number of hydrogen-bond donors (Lipinski definition) is 1. The second kappa shape index (κ2) is 5.02. The first-order valence-electron chi connectivity index (χ1n) is 6.69. The van der Waals surface area contributed by atoms with E-state index in [2.05, 4.69) is 4.90 Å². The van der Waals surface area contributed by atoms with E-state index in [9.17, 15) is 4.79 Å². The standard InChI is InChI=1S/C14H18ClN3O/c15-13-7-11(16)2-1-10(13)8-17-5-6-18-12(9-17)3-4-14(18)19/h1-2,7,12H,3-6,8-9,16H2. The third-order valence-electron chi connectivity index (χ3n) is 4.05. The fourth-order valence-corrected chi connectivity index (χ4v) is 3.25. The van der Waals surface area contributed by atoms with E-state index in [0.29, 0.717) is 24.1 Å². The van der Waals surface area contributed by atoms with Crippen LogP contribution in [-0.2, 0) is 11.3 Å². The summed E-state index contributed by atoms with van der Waals surface area (Å²) in [6.07, 6.45) is 1.70. The van der Waals surface area contributed by atoms with Gasteiger partial charge in [0.15, 0.2) is 0 Å². The van der Waals surface area contributed by atoms with E-state index in [1.54, 1.807) is 6.07 Å². The summed E-state index contributed by atoms with van der Waals surface area (Å²) < 4.78 is 0. The van der Waals surface area contributed by atoms with E-state index in [-0.39, 0.29) is 0 Å². The summed E-state index contributed by atoms with van der Waals surface area (Å²) in [6, 6.07) is 6.07. The van der Waals surface area contributed by atoms with Crippen LogP contribution < -0.4 is 5.73 Å². The molecule has 2 saturated heterocycles. The molecule has 1 aromatic rings. The number of benzene rings is 1. The van der Waals surface area contributed by atoms with Crippen molar-refractivity contribution in [3.63, 3.8) is 0 Å². The Morgan fingerprint density at radius 2 is 2.21 bits per heavy atom. The van der Waals surface area contributed by atoms with Crippen molar-refractivity contribution in [1.82, 2.24) is 9.80 Å². The summed E-state index contributed by atoms with van der Waals surface area (Å²) in [5.41, 5.74) is 7.50. The quantitative estimate of drug-likeness (QED) is 0.839. The van der Waals surface area contributed by atoms with Crippen LogP contribution in [0.2, 0.25) is 5.02 Å². The normalized spacial score (nSPS) is 23.7. The fraction of sp³-hybridized carbons (Fsp3) is 0.500. The zero-order chi connectivity index (χ0) is 13.4. The number of nitrogen functional groups attached to an aromatic ring is 1. The highest BCUT2D eigenvalue weighted by molar-refractivity contribution is 6.31. The first kappa shape index (κ1) is 12.8. The van der Waals surface area contributed by atoms with Gasteiger partial charge in [-0.2, -0.15) is 0 Å². The molecule has 0 spiro atoms. The van der Waals surface area contributed by atoms with Gasteiger partial charge in [0.25, 0.3) is 0 Å². The van der Waals surface area contributed by atoms with Crippen molar-refractivity contribution in [1.29, 1.82) is 0 Å². The maximum Gasteiger partial charge on any atom is 0.222 e. The molecule has 19 heavy (non-hydrogen) atoms. The highest BCUT2D eigenvalue weighted by atomic mass is 35.5. The Hall–Kier alpha value is -1.26. The zero-order valence-corrected chi connectivity index (χ0v) is 11.6. The first-order chi connectivity index (χ1) is 9.13. The van der Waals surface area contributed by atoms with E-state index in [1.807, 2.05) is 17.0 Å². The maximum absolute atomic E-state index is 11.6. The molecule has 0 aliphatic carbocycles. The molecule has 102 valence electrons. The minimum Gasteiger partial charge on any atom is -0.399 e. The highest BCUT2D eigenvalue weighted by Gasteiger charge is 2.35. The summed E-state index contributed by atoms with van der Waals surface area (Å²) in [7, 11) is 0. The van der Waals surface area contributed by atoms with Gasteiger partial charge in [0, 0.05) is 49.4 Å². The molecular formula is C14H18ClN3O. The third-order valence-corrected chi connectivity index (χ3v) is 4.40. The van der Waals surface area contributed by atoms with Crippen LogP contribution in [0.3, 0.4) is 0 Å². The van der Waals surface area contributed by atoms with E-state index in [1.165, 1.54) is 0 Å². The van der Waals surface area contributed by atoms with Crippen molar-refractivity contribution >= 4 is 23.2 Å². The molecule has 1 unspecified atom stereocenters. The van der Waals surface area contributed by atoms with Crippen LogP contribution in [0, 0.1) is 0 Å². The predicted octanol–water partition coefficient (Wildman–Crippen LogP) is 1.73. The lowest BCUT2D eigenvalue weighted by Gasteiger charge is -2.37. The second-order valence-corrected chi connectivity index (χ2v) is 5.77. The molecule has 5 heteroatoms. The molecule has 0 bridgehead atoms. The molecule has 1 atom stereocenters. The highest BCUT2D eigenvalue weighted by Crippen LogP contribution is 2.26. The van der Waals surface area contributed by atoms with Gasteiger partial charge >= 0.3 is 0 Å². The molecule has 1 aromatic carbocycles. The second-order valence-electron chi connectivity index (χ2n) is 5.37. The molecule has 0 radical (unpaired) electrons. The van der Waals surface area contributed by atoms with E-state index < -0.39 is 0 Å². The lowest BCUT2D eigenvalue weighted by Crippen LogP contribution is -2.50. The van der Waals surface area contributed by atoms with Crippen LogP contribution in [0.4, 0.5) is 5.69 Å². The van der Waals surface area contributed by atoms with Gasteiger partial charge in [-0.25, -0.2) is 0 Å². The molecule has 4 nitrogen and oxygen atoms in total. The lowest BCUT2D eigenvalue weighted by atomic mass is 10.1. The van der Waals surface area contributed by atoms with Crippen LogP contribution in [0.15, 0.2) is 18.2 Å². The van der Waals surface area contributed by atoms with Crippen molar-refractivity contribution in [3.05, 3.63) is 28.8 Å². The van der Waals surface area contributed by atoms with Gasteiger partial charge in [0.05, 0.1) is 0 Å². The van der Waals surface area contributed by atoms with Gasteiger partial charge in [0.1, 0.15) is 0 Å². The molecule has 0 saturated carbocycles. The van der Waals surface area contributed by atoms with Crippen LogP contribution in [0.25, 0.3) is 0 Å². The minimum absolute atomic E-state index is 0.315. The third kappa shape index (κ3) is 2.55. The maximum atomic E-state index is 11.6. The number of anilines is 1. The average Bonchev–Trinajstić information content (AvgIpc) is 2.74. The van der Waals surface area contributed by atoms with Crippen molar-refractivity contribution in [2.45, 2.75) is 25.4 Å². The van der Waals surface area contributed by atoms with Gasteiger partial charge in [-0.15, -0.1) is 0 Å². The predicted molar refractivity (Wildman–Crippen MR) is 75.9 cm³/mol. The Morgan fingerprint density at radius 3 is 3.00 bits per heavy atom. The Balaban J connectivity index is 1.66. The Morgan fingerprint density at radius 1 is 1.37 bits per heavy atom. The monoisotopic (exact) mass is 279 g/mol. The van der Waals surface area contributed by atoms with Crippen LogP contribution >= 0.6 is 11.6 Å². The summed E-state index contributed by atoms with van der Waals surface area (Å²) in [6.45, 7) is 3.54. The number of fused-ring (bicyclic) bond motifs is 1. The van der Waals surface area contributed by atoms with Crippen LogP contribution in [-0.4, -0.2) is 41.4 Å². The smallest absolute Gasteiger partial charge is 0.222 e. The Labute approximate surface area is 118 Å². The largest absolute Gasteiger partial charge is 0.399 e. The summed E-state index contributed by atoms with van der Waals surface area (Å²) in [5.74, 6) is 0.315. The number of nitrogens with zero attached hydrogens (tertiary/aromatic N) is 2. The van der Waals surface area contributed by atoms with Crippen molar-refractivity contribution in [2.75, 3.05) is 25.4 Å². The summed E-state index contributed by atoms with van der Waals surface area (Å²) >= 11 is 6.21. The van der Waals surface area contributed by atoms with Crippen molar-refractivity contribution in [3.8, 4) is 0 Å². The SMILES string of the molecule is Nc1ccc(CN2CCN3C(=O)CCC3C2)c(Cl)c1. The van der Waals surface area contributed by atoms with Gasteiger partial charge in [0.2, 0.25) is 5.91 Å². The number of nitrogens with two attached hydrogens (primary N) is 1. The number of piperazine rings is 1. The molecule has 2 fully saturated rings. The van der Waals surface area contributed by atoms with Crippen molar-refractivity contribution in [2.24, 2.45) is 0 Å². The number of rotatable bonds is 2. The molecule has 2 N–H and O–H groups in total. The number of amides is 1. The molecule has 2 aliphatic heterocycles. The van der Waals surface area contributed by atoms with E-state index >= 15 is 0 Å². The zero-order valence-electron chi connectivity index (χ0n) is 10.8. The molecule has 2 heterocycles. The molecular weight excluding hydrogens is 262 g/mol. The number of carbonyl (C=O) groups excluding carboxylic acids is 1. The minimum atomic E-state index is 0.315. The van der Waals surface area contributed by atoms with Gasteiger partial charge in [-0.1, -0.05) is 17.7 Å². The first-order valence-corrected chi connectivity index (χ1v) is 7.07. The number of halogens is 1. The topological polar surface area (TPSA) is 49.6 Å². The lowest BCUT2D eigenvalue weighted by molar-refractivity contribution is -0.130. The number of hydrogen-bond acceptors (Lipinski definition) is 3. The molecule has 2 aliphatic rings. The van der Waals surface area contributed by atoms with Gasteiger partial charge in [-0.3, -0.25) is 9.69 Å². The molecule has 1 amide bonds. The van der Waals surface area contributed by atoms with Gasteiger partial charge < -0.3 is 10.6 Å².